The number of hydrogen-bond acceptors (Lipinski definition) is 4. The molecule has 0 unspecified atom stereocenters. The SMILES string of the molecule is CCc1ncc(S(=O)(=O)N2CCC(C)(C(=N)N)CC2)[nH]1. The van der Waals surface area contributed by atoms with E-state index < -0.39 is 15.4 Å². The van der Waals surface area contributed by atoms with Crippen molar-refractivity contribution in [3.05, 3.63) is 12.0 Å². The molecule has 8 heteroatoms. The molecule has 0 amide bonds. The van der Waals surface area contributed by atoms with Crippen molar-refractivity contribution >= 4 is 15.9 Å². The minimum absolute atomic E-state index is 0.129. The van der Waals surface area contributed by atoms with Crippen LogP contribution in [-0.2, 0) is 16.4 Å². The van der Waals surface area contributed by atoms with Crippen molar-refractivity contribution in [3.63, 3.8) is 0 Å². The summed E-state index contributed by atoms with van der Waals surface area (Å²) in [5, 5.41) is 7.73. The van der Waals surface area contributed by atoms with Crippen LogP contribution in [0.4, 0.5) is 0 Å². The maximum absolute atomic E-state index is 12.5. The van der Waals surface area contributed by atoms with E-state index in [2.05, 4.69) is 9.97 Å². The summed E-state index contributed by atoms with van der Waals surface area (Å²) in [6, 6.07) is 0. The number of aromatic amines is 1. The largest absolute Gasteiger partial charge is 0.387 e. The van der Waals surface area contributed by atoms with Crippen molar-refractivity contribution in [2.45, 2.75) is 38.1 Å². The first-order valence-electron chi connectivity index (χ1n) is 6.68. The van der Waals surface area contributed by atoms with Crippen LogP contribution in [0.5, 0.6) is 0 Å². The van der Waals surface area contributed by atoms with Crippen LogP contribution in [0, 0.1) is 10.8 Å². The molecule has 0 bridgehead atoms. The number of amidine groups is 1. The van der Waals surface area contributed by atoms with Crippen molar-refractivity contribution in [1.29, 1.82) is 5.41 Å². The molecule has 1 aliphatic rings. The quantitative estimate of drug-likeness (QED) is 0.560. The molecular formula is C12H21N5O2S. The Morgan fingerprint density at radius 1 is 1.55 bits per heavy atom. The lowest BCUT2D eigenvalue weighted by molar-refractivity contribution is 0.240. The van der Waals surface area contributed by atoms with E-state index in [1.54, 1.807) is 0 Å². The first kappa shape index (κ1) is 15.0. The van der Waals surface area contributed by atoms with E-state index in [1.165, 1.54) is 10.5 Å². The number of aryl methyl sites for hydroxylation is 1. The summed E-state index contributed by atoms with van der Waals surface area (Å²) in [7, 11) is -3.52. The van der Waals surface area contributed by atoms with Gasteiger partial charge in [-0.2, -0.15) is 4.31 Å². The Bertz CT molecular complexity index is 599. The van der Waals surface area contributed by atoms with Crippen molar-refractivity contribution in [3.8, 4) is 0 Å². The van der Waals surface area contributed by atoms with Gasteiger partial charge in [-0.05, 0) is 12.8 Å². The van der Waals surface area contributed by atoms with Gasteiger partial charge in [0.15, 0.2) is 5.03 Å². The zero-order chi connectivity index (χ0) is 15.0. The molecule has 1 aromatic heterocycles. The third-order valence-electron chi connectivity index (χ3n) is 4.03. The van der Waals surface area contributed by atoms with E-state index >= 15 is 0 Å². The molecule has 0 radical (unpaired) electrons. The maximum Gasteiger partial charge on any atom is 0.260 e. The smallest absolute Gasteiger partial charge is 0.260 e. The molecule has 4 N–H and O–H groups in total. The van der Waals surface area contributed by atoms with E-state index in [9.17, 15) is 8.42 Å². The van der Waals surface area contributed by atoms with Crippen LogP contribution in [-0.4, -0.2) is 41.6 Å². The fraction of sp³-hybridized carbons (Fsp3) is 0.667. The normalized spacial score (nSPS) is 19.9. The maximum atomic E-state index is 12.5. The van der Waals surface area contributed by atoms with Crippen molar-refractivity contribution in [1.82, 2.24) is 14.3 Å². The number of sulfonamides is 1. The summed E-state index contributed by atoms with van der Waals surface area (Å²) >= 11 is 0. The van der Waals surface area contributed by atoms with Gasteiger partial charge < -0.3 is 10.7 Å². The van der Waals surface area contributed by atoms with Gasteiger partial charge in [0.1, 0.15) is 5.82 Å². The Hall–Kier alpha value is -1.41. The van der Waals surface area contributed by atoms with Gasteiger partial charge in [0, 0.05) is 24.9 Å². The second-order valence-corrected chi connectivity index (χ2v) is 7.33. The van der Waals surface area contributed by atoms with Gasteiger partial charge in [-0.3, -0.25) is 5.41 Å². The van der Waals surface area contributed by atoms with Crippen LogP contribution in [0.3, 0.4) is 0 Å². The van der Waals surface area contributed by atoms with Crippen molar-refractivity contribution in [2.75, 3.05) is 13.1 Å². The summed E-state index contributed by atoms with van der Waals surface area (Å²) in [5.41, 5.74) is 5.19. The second kappa shape index (κ2) is 5.17. The fourth-order valence-corrected chi connectivity index (χ4v) is 3.66. The van der Waals surface area contributed by atoms with Gasteiger partial charge in [0.2, 0.25) is 0 Å². The Labute approximate surface area is 119 Å². The highest BCUT2D eigenvalue weighted by molar-refractivity contribution is 7.89. The van der Waals surface area contributed by atoms with Crippen LogP contribution in [0.15, 0.2) is 11.2 Å². The lowest BCUT2D eigenvalue weighted by Gasteiger charge is -2.37. The second-order valence-electron chi connectivity index (χ2n) is 5.43. The zero-order valence-corrected chi connectivity index (χ0v) is 12.6. The van der Waals surface area contributed by atoms with Crippen molar-refractivity contribution < 1.29 is 8.42 Å². The van der Waals surface area contributed by atoms with Gasteiger partial charge >= 0.3 is 0 Å². The summed E-state index contributed by atoms with van der Waals surface area (Å²) in [5.74, 6) is 0.790. The van der Waals surface area contributed by atoms with Crippen LogP contribution >= 0.6 is 0 Å². The molecule has 1 fully saturated rings. The highest BCUT2D eigenvalue weighted by Crippen LogP contribution is 2.32. The van der Waals surface area contributed by atoms with Crippen LogP contribution < -0.4 is 5.73 Å². The van der Waals surface area contributed by atoms with E-state index in [1.807, 2.05) is 13.8 Å². The molecule has 112 valence electrons. The molecule has 0 aliphatic carbocycles. The van der Waals surface area contributed by atoms with Gasteiger partial charge in [-0.15, -0.1) is 0 Å². The molecule has 20 heavy (non-hydrogen) atoms. The van der Waals surface area contributed by atoms with E-state index in [0.29, 0.717) is 38.2 Å². The summed E-state index contributed by atoms with van der Waals surface area (Å²) < 4.78 is 26.4. The third kappa shape index (κ3) is 2.57. The molecule has 2 heterocycles. The molecule has 1 aliphatic heterocycles. The Balaban J connectivity index is 2.15. The number of nitrogens with one attached hydrogen (secondary N) is 2. The zero-order valence-electron chi connectivity index (χ0n) is 11.8. The Morgan fingerprint density at radius 3 is 2.60 bits per heavy atom. The summed E-state index contributed by atoms with van der Waals surface area (Å²) in [6.07, 6.45) is 3.16. The molecule has 2 rings (SSSR count). The van der Waals surface area contributed by atoms with Gasteiger partial charge in [-0.25, -0.2) is 13.4 Å². The number of imidazole rings is 1. The number of H-pyrrole nitrogens is 1. The fourth-order valence-electron chi connectivity index (χ4n) is 2.28. The molecule has 0 aromatic carbocycles. The predicted molar refractivity (Wildman–Crippen MR) is 76.0 cm³/mol. The van der Waals surface area contributed by atoms with E-state index in [-0.39, 0.29) is 10.9 Å². The molecule has 7 nitrogen and oxygen atoms in total. The topological polar surface area (TPSA) is 116 Å². The van der Waals surface area contributed by atoms with Crippen LogP contribution in [0.1, 0.15) is 32.5 Å². The minimum Gasteiger partial charge on any atom is -0.387 e. The molecular weight excluding hydrogens is 278 g/mol. The molecule has 0 atom stereocenters. The summed E-state index contributed by atoms with van der Waals surface area (Å²) in [4.78, 5) is 6.87. The predicted octanol–water partition coefficient (Wildman–Crippen LogP) is 0.699. The van der Waals surface area contributed by atoms with E-state index in [0.717, 1.165) is 0 Å². The average molecular weight is 299 g/mol. The highest BCUT2D eigenvalue weighted by Gasteiger charge is 2.37. The Morgan fingerprint density at radius 2 is 2.15 bits per heavy atom. The van der Waals surface area contributed by atoms with Crippen LogP contribution in [0.25, 0.3) is 0 Å². The number of hydrogen-bond donors (Lipinski definition) is 3. The van der Waals surface area contributed by atoms with E-state index in [4.69, 9.17) is 11.1 Å². The molecule has 0 saturated carbocycles. The first-order chi connectivity index (χ1) is 9.29. The number of rotatable bonds is 4. The van der Waals surface area contributed by atoms with Crippen LogP contribution in [0.2, 0.25) is 0 Å². The van der Waals surface area contributed by atoms with Gasteiger partial charge in [0.25, 0.3) is 10.0 Å². The number of nitrogens with two attached hydrogens (primary N) is 1. The number of nitrogens with zero attached hydrogens (tertiary/aromatic N) is 2. The monoisotopic (exact) mass is 299 g/mol. The standard InChI is InChI=1S/C12H21N5O2S/c1-3-9-15-8-10(16-9)20(18,19)17-6-4-12(2,5-7-17)11(13)14/h8H,3-7H2,1-2H3,(H3,13,14)(H,15,16). The minimum atomic E-state index is -3.52. The Kier molecular flexibility index (Phi) is 3.88. The molecule has 1 aromatic rings. The molecule has 1 saturated heterocycles. The number of piperidine rings is 1. The molecule has 0 spiro atoms. The average Bonchev–Trinajstić information content (AvgIpc) is 2.88. The lowest BCUT2D eigenvalue weighted by Crippen LogP contribution is -2.47. The first-order valence-corrected chi connectivity index (χ1v) is 8.12. The highest BCUT2D eigenvalue weighted by atomic mass is 32.2. The number of aromatic nitrogens is 2. The van der Waals surface area contributed by atoms with Crippen molar-refractivity contribution in [2.24, 2.45) is 11.1 Å². The van der Waals surface area contributed by atoms with Gasteiger partial charge in [-0.1, -0.05) is 13.8 Å². The summed E-state index contributed by atoms with van der Waals surface area (Å²) in [6.45, 7) is 4.57. The van der Waals surface area contributed by atoms with Gasteiger partial charge in [0.05, 0.1) is 12.0 Å². The lowest BCUT2D eigenvalue weighted by atomic mass is 9.80. The third-order valence-corrected chi connectivity index (χ3v) is 5.84.